The summed E-state index contributed by atoms with van der Waals surface area (Å²) in [5.74, 6) is 1.13. The maximum atomic E-state index is 12.9. The van der Waals surface area contributed by atoms with Crippen LogP contribution in [0.1, 0.15) is 67.4 Å². The molecule has 5 nitrogen and oxygen atoms in total. The zero-order valence-corrected chi connectivity index (χ0v) is 19.1. The number of rotatable bonds is 8. The van der Waals surface area contributed by atoms with Gasteiger partial charge in [0.1, 0.15) is 0 Å². The minimum absolute atomic E-state index is 0.0418. The smallest absolute Gasteiger partial charge is 0.254 e. The van der Waals surface area contributed by atoms with E-state index in [2.05, 4.69) is 22.2 Å². The zero-order valence-electron chi connectivity index (χ0n) is 17.5. The van der Waals surface area contributed by atoms with Crippen LogP contribution < -0.4 is 5.32 Å². The van der Waals surface area contributed by atoms with Gasteiger partial charge in [-0.2, -0.15) is 5.10 Å². The van der Waals surface area contributed by atoms with Crippen molar-refractivity contribution in [2.45, 2.75) is 51.4 Å². The predicted molar refractivity (Wildman–Crippen MR) is 122 cm³/mol. The number of nitrogens with one attached hydrogen (secondary N) is 1. The molecule has 162 valence electrons. The molecule has 1 aromatic heterocycles. The highest BCUT2D eigenvalue weighted by molar-refractivity contribution is 6.35. The quantitative estimate of drug-likeness (QED) is 0.557. The Bertz CT molecular complexity index is 893. The van der Waals surface area contributed by atoms with Crippen LogP contribution in [0.5, 0.6) is 0 Å². The lowest BCUT2D eigenvalue weighted by molar-refractivity contribution is 0.0951. The molecule has 1 N–H and O–H groups in total. The molecular weight excluding hydrogens is 419 g/mol. The molecule has 2 fully saturated rings. The maximum absolute atomic E-state index is 12.9. The third-order valence-corrected chi connectivity index (χ3v) is 6.62. The fourth-order valence-corrected chi connectivity index (χ4v) is 4.86. The Hall–Kier alpha value is -1.56. The van der Waals surface area contributed by atoms with Gasteiger partial charge in [-0.15, -0.1) is 0 Å². The van der Waals surface area contributed by atoms with E-state index in [4.69, 9.17) is 23.2 Å². The normalized spacial score (nSPS) is 19.8. The Balaban J connectivity index is 1.34. The third kappa shape index (κ3) is 5.19. The number of likely N-dealkylation sites (tertiary alicyclic amines) is 1. The summed E-state index contributed by atoms with van der Waals surface area (Å²) in [6.45, 7) is 6.58. The molecule has 1 saturated heterocycles. The van der Waals surface area contributed by atoms with Gasteiger partial charge < -0.3 is 10.2 Å². The first-order chi connectivity index (χ1) is 14.5. The Morgan fingerprint density at radius 1 is 1.23 bits per heavy atom. The number of amides is 1. The number of piperidine rings is 1. The molecule has 1 saturated carbocycles. The first-order valence-electron chi connectivity index (χ1n) is 11.1. The van der Waals surface area contributed by atoms with E-state index >= 15 is 0 Å². The van der Waals surface area contributed by atoms with Crippen molar-refractivity contribution in [1.29, 1.82) is 0 Å². The summed E-state index contributed by atoms with van der Waals surface area (Å²) in [5, 5.41) is 8.70. The highest BCUT2D eigenvalue weighted by atomic mass is 35.5. The van der Waals surface area contributed by atoms with Crippen LogP contribution in [0.25, 0.3) is 5.69 Å². The van der Waals surface area contributed by atoms with Crippen molar-refractivity contribution >= 4 is 29.1 Å². The molecule has 2 aliphatic rings. The lowest BCUT2D eigenvalue weighted by atomic mass is 10.0. The summed E-state index contributed by atoms with van der Waals surface area (Å²) < 4.78 is 1.81. The Labute approximate surface area is 188 Å². The van der Waals surface area contributed by atoms with E-state index in [0.717, 1.165) is 49.5 Å². The first-order valence-corrected chi connectivity index (χ1v) is 11.8. The summed E-state index contributed by atoms with van der Waals surface area (Å²) in [6, 6.07) is 5.36. The van der Waals surface area contributed by atoms with Crippen LogP contribution in [-0.2, 0) is 0 Å². The van der Waals surface area contributed by atoms with Crippen molar-refractivity contribution in [2.24, 2.45) is 5.92 Å². The average Bonchev–Trinajstić information content (AvgIpc) is 3.46. The fraction of sp³-hybridized carbons (Fsp3) is 0.565. The summed E-state index contributed by atoms with van der Waals surface area (Å²) >= 11 is 12.4. The second-order valence-electron chi connectivity index (χ2n) is 8.74. The molecule has 1 aromatic carbocycles. The molecule has 0 spiro atoms. The molecule has 30 heavy (non-hydrogen) atoms. The van der Waals surface area contributed by atoms with Gasteiger partial charge in [0.05, 0.1) is 28.2 Å². The minimum atomic E-state index is -0.0418. The van der Waals surface area contributed by atoms with Crippen LogP contribution in [0.4, 0.5) is 0 Å². The van der Waals surface area contributed by atoms with Crippen LogP contribution in [-0.4, -0.2) is 46.8 Å². The number of nitrogens with zero attached hydrogens (tertiary/aromatic N) is 3. The maximum Gasteiger partial charge on any atom is 0.254 e. The summed E-state index contributed by atoms with van der Waals surface area (Å²) in [4.78, 5) is 15.4. The number of halogens is 2. The molecule has 1 atom stereocenters. The topological polar surface area (TPSA) is 50.2 Å². The second-order valence-corrected chi connectivity index (χ2v) is 9.58. The standard InChI is InChI=1S/C23H30Cl2N4O/c1-16-5-4-12-28(15-16)11-3-2-10-26-23(30)19-14-27-29(22(19)17-6-7-17)21-9-8-18(24)13-20(21)25/h8-9,13-14,16-17H,2-7,10-12,15H2,1H3,(H,26,30). The second kappa shape index (κ2) is 9.71. The fourth-order valence-electron chi connectivity index (χ4n) is 4.37. The number of unbranched alkanes of at least 4 members (excludes halogenated alkanes) is 1. The van der Waals surface area contributed by atoms with E-state index in [9.17, 15) is 4.79 Å². The third-order valence-electron chi connectivity index (χ3n) is 6.08. The van der Waals surface area contributed by atoms with E-state index in [1.165, 1.54) is 25.9 Å². The summed E-state index contributed by atoms with van der Waals surface area (Å²) in [7, 11) is 0. The molecule has 1 aliphatic carbocycles. The van der Waals surface area contributed by atoms with E-state index in [-0.39, 0.29) is 5.91 Å². The SMILES string of the molecule is CC1CCCN(CCCCNC(=O)c2cnn(-c3ccc(Cl)cc3Cl)c2C2CC2)C1. The molecular formula is C23H30Cl2N4O. The molecule has 7 heteroatoms. The van der Waals surface area contributed by atoms with Gasteiger partial charge in [-0.3, -0.25) is 4.79 Å². The number of hydrogen-bond donors (Lipinski definition) is 1. The molecule has 4 rings (SSSR count). The van der Waals surface area contributed by atoms with Crippen molar-refractivity contribution < 1.29 is 4.79 Å². The van der Waals surface area contributed by atoms with Crippen molar-refractivity contribution in [3.05, 3.63) is 45.7 Å². The number of hydrogen-bond acceptors (Lipinski definition) is 3. The van der Waals surface area contributed by atoms with Crippen molar-refractivity contribution in [2.75, 3.05) is 26.2 Å². The summed E-state index contributed by atoms with van der Waals surface area (Å²) in [5.41, 5.74) is 2.38. The van der Waals surface area contributed by atoms with E-state index in [0.29, 0.717) is 28.1 Å². The molecule has 2 aromatic rings. The zero-order chi connectivity index (χ0) is 21.1. The van der Waals surface area contributed by atoms with Gasteiger partial charge in [0, 0.05) is 24.0 Å². The van der Waals surface area contributed by atoms with Gasteiger partial charge in [0.15, 0.2) is 0 Å². The first kappa shape index (κ1) is 21.7. The van der Waals surface area contributed by atoms with Gasteiger partial charge in [-0.25, -0.2) is 4.68 Å². The van der Waals surface area contributed by atoms with Crippen molar-refractivity contribution in [3.63, 3.8) is 0 Å². The van der Waals surface area contributed by atoms with Gasteiger partial charge in [0.2, 0.25) is 0 Å². The van der Waals surface area contributed by atoms with Gasteiger partial charge >= 0.3 is 0 Å². The van der Waals surface area contributed by atoms with Gasteiger partial charge in [-0.05, 0) is 75.7 Å². The van der Waals surface area contributed by atoms with E-state index < -0.39 is 0 Å². The molecule has 1 unspecified atom stereocenters. The van der Waals surface area contributed by atoms with Crippen molar-refractivity contribution in [1.82, 2.24) is 20.0 Å². The molecule has 1 aliphatic heterocycles. The molecule has 1 amide bonds. The van der Waals surface area contributed by atoms with Gasteiger partial charge in [0.25, 0.3) is 5.91 Å². The lowest BCUT2D eigenvalue weighted by Crippen LogP contribution is -2.35. The number of carbonyl (C=O) groups is 1. The molecule has 0 radical (unpaired) electrons. The predicted octanol–water partition coefficient (Wildman–Crippen LogP) is 5.30. The van der Waals surface area contributed by atoms with Crippen LogP contribution in [0.3, 0.4) is 0 Å². The Morgan fingerprint density at radius 3 is 2.80 bits per heavy atom. The van der Waals surface area contributed by atoms with Crippen LogP contribution in [0, 0.1) is 5.92 Å². The molecule has 0 bridgehead atoms. The largest absolute Gasteiger partial charge is 0.352 e. The minimum Gasteiger partial charge on any atom is -0.352 e. The van der Waals surface area contributed by atoms with E-state index in [1.54, 1.807) is 18.3 Å². The van der Waals surface area contributed by atoms with Crippen LogP contribution >= 0.6 is 23.2 Å². The number of aromatic nitrogens is 2. The van der Waals surface area contributed by atoms with Crippen molar-refractivity contribution in [3.8, 4) is 5.69 Å². The Morgan fingerprint density at radius 2 is 2.07 bits per heavy atom. The van der Waals surface area contributed by atoms with Crippen LogP contribution in [0.15, 0.2) is 24.4 Å². The molecule has 2 heterocycles. The lowest BCUT2D eigenvalue weighted by Gasteiger charge is -2.30. The number of carbonyl (C=O) groups excluding carboxylic acids is 1. The Kier molecular flexibility index (Phi) is 7.01. The van der Waals surface area contributed by atoms with Gasteiger partial charge in [-0.1, -0.05) is 30.1 Å². The average molecular weight is 449 g/mol. The monoisotopic (exact) mass is 448 g/mol. The number of benzene rings is 1. The highest BCUT2D eigenvalue weighted by Crippen LogP contribution is 2.43. The highest BCUT2D eigenvalue weighted by Gasteiger charge is 2.33. The summed E-state index contributed by atoms with van der Waals surface area (Å²) in [6.07, 6.45) is 8.59. The van der Waals surface area contributed by atoms with Crippen LogP contribution in [0.2, 0.25) is 10.0 Å². The van der Waals surface area contributed by atoms with E-state index in [1.807, 2.05) is 10.7 Å².